The average molecular weight is 408 g/mol. The number of hydrogen-bond acceptors (Lipinski definition) is 2. The average Bonchev–Trinajstić information content (AvgIpc) is 2.72. The summed E-state index contributed by atoms with van der Waals surface area (Å²) in [5.41, 5.74) is 3.69. The van der Waals surface area contributed by atoms with E-state index in [1.807, 2.05) is 91.0 Å². The van der Waals surface area contributed by atoms with Crippen LogP contribution in [-0.2, 0) is 11.4 Å². The van der Waals surface area contributed by atoms with Crippen LogP contribution in [0.1, 0.15) is 16.7 Å². The highest BCUT2D eigenvalue weighted by Crippen LogP contribution is 2.21. The van der Waals surface area contributed by atoms with Crippen LogP contribution in [0.3, 0.4) is 0 Å². The van der Waals surface area contributed by atoms with E-state index in [0.717, 1.165) is 16.7 Å². The van der Waals surface area contributed by atoms with Crippen molar-refractivity contribution in [1.29, 1.82) is 0 Å². The molecule has 140 valence electrons. The first-order valence-electron chi connectivity index (χ1n) is 8.81. The molecule has 0 radical (unpaired) electrons. The molecule has 0 saturated carbocycles. The van der Waals surface area contributed by atoms with Crippen molar-refractivity contribution >= 4 is 41.1 Å². The first kappa shape index (κ1) is 19.9. The predicted octanol–water partition coefficient (Wildman–Crippen LogP) is 7.29. The number of nitrogens with zero attached hydrogens (tertiary/aromatic N) is 1. The van der Waals surface area contributed by atoms with Gasteiger partial charge in [0.05, 0.1) is 0 Å². The third kappa shape index (κ3) is 6.41. The SMILES string of the molecule is Clc1ccc(CON=C(/C=C/c2ccccc2)/C=C/c2ccccc2)c(Cl)c1. The number of allylic oxidation sites excluding steroid dienone is 2. The minimum Gasteiger partial charge on any atom is -0.390 e. The summed E-state index contributed by atoms with van der Waals surface area (Å²) >= 11 is 12.1. The minimum absolute atomic E-state index is 0.262. The first-order chi connectivity index (χ1) is 13.7. The molecule has 0 bridgehead atoms. The molecular formula is C24H19Cl2NO. The van der Waals surface area contributed by atoms with Crippen LogP contribution in [0.4, 0.5) is 0 Å². The highest BCUT2D eigenvalue weighted by Gasteiger charge is 2.01. The van der Waals surface area contributed by atoms with E-state index in [-0.39, 0.29) is 6.61 Å². The van der Waals surface area contributed by atoms with Gasteiger partial charge >= 0.3 is 0 Å². The largest absolute Gasteiger partial charge is 0.390 e. The third-order valence-electron chi connectivity index (χ3n) is 3.90. The lowest BCUT2D eigenvalue weighted by Crippen LogP contribution is -1.94. The van der Waals surface area contributed by atoms with E-state index in [0.29, 0.717) is 15.8 Å². The van der Waals surface area contributed by atoms with Crippen molar-refractivity contribution < 1.29 is 4.84 Å². The molecule has 2 nitrogen and oxygen atoms in total. The Morgan fingerprint density at radius 1 is 0.786 bits per heavy atom. The van der Waals surface area contributed by atoms with Crippen LogP contribution in [0.25, 0.3) is 12.2 Å². The molecule has 0 spiro atoms. The molecule has 0 aliphatic heterocycles. The Kier molecular flexibility index (Phi) is 7.48. The fourth-order valence-electron chi connectivity index (χ4n) is 2.42. The lowest BCUT2D eigenvalue weighted by atomic mass is 10.1. The summed E-state index contributed by atoms with van der Waals surface area (Å²) in [6.45, 7) is 0.262. The molecular weight excluding hydrogens is 389 g/mol. The quantitative estimate of drug-likeness (QED) is 0.297. The Labute approximate surface area is 175 Å². The zero-order chi connectivity index (χ0) is 19.6. The second-order valence-corrected chi connectivity index (χ2v) is 6.86. The highest BCUT2D eigenvalue weighted by molar-refractivity contribution is 6.35. The molecule has 0 saturated heterocycles. The summed E-state index contributed by atoms with van der Waals surface area (Å²) in [6.07, 6.45) is 7.82. The second kappa shape index (κ2) is 10.5. The fraction of sp³-hybridized carbons (Fsp3) is 0.0417. The van der Waals surface area contributed by atoms with Crippen molar-refractivity contribution in [2.24, 2.45) is 5.16 Å². The zero-order valence-electron chi connectivity index (χ0n) is 15.1. The van der Waals surface area contributed by atoms with Crippen molar-refractivity contribution in [3.63, 3.8) is 0 Å². The van der Waals surface area contributed by atoms with Gasteiger partial charge in [0.1, 0.15) is 12.3 Å². The molecule has 0 amide bonds. The number of halogens is 2. The first-order valence-corrected chi connectivity index (χ1v) is 9.56. The Balaban J connectivity index is 1.75. The van der Waals surface area contributed by atoms with Gasteiger partial charge < -0.3 is 4.84 Å². The number of oxime groups is 1. The van der Waals surface area contributed by atoms with Gasteiger partial charge in [-0.15, -0.1) is 0 Å². The van der Waals surface area contributed by atoms with Crippen LogP contribution in [0.15, 0.2) is 96.2 Å². The van der Waals surface area contributed by atoms with Gasteiger partial charge in [0.25, 0.3) is 0 Å². The van der Waals surface area contributed by atoms with Gasteiger partial charge in [-0.1, -0.05) is 107 Å². The number of benzene rings is 3. The van der Waals surface area contributed by atoms with Gasteiger partial charge in [-0.2, -0.15) is 0 Å². The van der Waals surface area contributed by atoms with Crippen LogP contribution in [-0.4, -0.2) is 5.71 Å². The van der Waals surface area contributed by atoms with Crippen LogP contribution in [0.5, 0.6) is 0 Å². The number of hydrogen-bond donors (Lipinski definition) is 0. The van der Waals surface area contributed by atoms with Gasteiger partial charge in [-0.3, -0.25) is 0 Å². The van der Waals surface area contributed by atoms with E-state index in [1.54, 1.807) is 12.1 Å². The fourth-order valence-corrected chi connectivity index (χ4v) is 2.89. The molecule has 3 aromatic rings. The normalized spacial score (nSPS) is 11.1. The maximum Gasteiger partial charge on any atom is 0.143 e. The van der Waals surface area contributed by atoms with Gasteiger partial charge in [-0.05, 0) is 35.4 Å². The summed E-state index contributed by atoms with van der Waals surface area (Å²) in [7, 11) is 0. The molecule has 0 aliphatic carbocycles. The predicted molar refractivity (Wildman–Crippen MR) is 120 cm³/mol. The van der Waals surface area contributed by atoms with Crippen molar-refractivity contribution in [1.82, 2.24) is 0 Å². The molecule has 0 fully saturated rings. The van der Waals surface area contributed by atoms with Crippen LogP contribution in [0.2, 0.25) is 10.0 Å². The highest BCUT2D eigenvalue weighted by atomic mass is 35.5. The van der Waals surface area contributed by atoms with Crippen molar-refractivity contribution in [2.75, 3.05) is 0 Å². The summed E-state index contributed by atoms with van der Waals surface area (Å²) in [4.78, 5) is 5.54. The van der Waals surface area contributed by atoms with Crippen molar-refractivity contribution in [3.8, 4) is 0 Å². The van der Waals surface area contributed by atoms with Gasteiger partial charge in [0, 0.05) is 15.6 Å². The lowest BCUT2D eigenvalue weighted by Gasteiger charge is -2.04. The van der Waals surface area contributed by atoms with Crippen molar-refractivity contribution in [3.05, 3.63) is 118 Å². The van der Waals surface area contributed by atoms with E-state index >= 15 is 0 Å². The summed E-state index contributed by atoms with van der Waals surface area (Å²) < 4.78 is 0. The lowest BCUT2D eigenvalue weighted by molar-refractivity contribution is 0.131. The standard InChI is InChI=1S/C24H19Cl2NO/c25-22-14-13-21(24(26)17-22)18-28-27-23(15-11-19-7-3-1-4-8-19)16-12-20-9-5-2-6-10-20/h1-17H,18H2/b15-11+,16-12+. The second-order valence-electron chi connectivity index (χ2n) is 6.01. The Morgan fingerprint density at radius 2 is 1.36 bits per heavy atom. The van der Waals surface area contributed by atoms with Crippen molar-refractivity contribution in [2.45, 2.75) is 6.61 Å². The Hall–Kier alpha value is -2.81. The third-order valence-corrected chi connectivity index (χ3v) is 4.48. The van der Waals surface area contributed by atoms with Gasteiger partial charge in [-0.25, -0.2) is 0 Å². The Bertz CT molecular complexity index is 929. The van der Waals surface area contributed by atoms with E-state index in [9.17, 15) is 0 Å². The Morgan fingerprint density at radius 3 is 1.89 bits per heavy atom. The molecule has 28 heavy (non-hydrogen) atoms. The monoisotopic (exact) mass is 407 g/mol. The molecule has 0 aromatic heterocycles. The minimum atomic E-state index is 0.262. The smallest absolute Gasteiger partial charge is 0.143 e. The topological polar surface area (TPSA) is 21.6 Å². The molecule has 4 heteroatoms. The summed E-state index contributed by atoms with van der Waals surface area (Å²) in [5, 5.41) is 5.42. The molecule has 0 unspecified atom stereocenters. The molecule has 0 N–H and O–H groups in total. The maximum absolute atomic E-state index is 6.19. The van der Waals surface area contributed by atoms with Crippen LogP contribution >= 0.6 is 23.2 Å². The van der Waals surface area contributed by atoms with Gasteiger partial charge in [0.15, 0.2) is 0 Å². The van der Waals surface area contributed by atoms with Gasteiger partial charge in [0.2, 0.25) is 0 Å². The van der Waals surface area contributed by atoms with E-state index in [4.69, 9.17) is 28.0 Å². The molecule has 0 aliphatic rings. The number of rotatable bonds is 7. The molecule has 3 rings (SSSR count). The zero-order valence-corrected chi connectivity index (χ0v) is 16.6. The molecule has 3 aromatic carbocycles. The van der Waals surface area contributed by atoms with Crippen LogP contribution < -0.4 is 0 Å². The van der Waals surface area contributed by atoms with Crippen LogP contribution in [0, 0.1) is 0 Å². The molecule has 0 heterocycles. The van der Waals surface area contributed by atoms with E-state index in [1.165, 1.54) is 0 Å². The summed E-state index contributed by atoms with van der Waals surface area (Å²) in [5.74, 6) is 0. The van der Waals surface area contributed by atoms with E-state index < -0.39 is 0 Å². The summed E-state index contributed by atoms with van der Waals surface area (Å²) in [6, 6.07) is 25.4. The van der Waals surface area contributed by atoms with E-state index in [2.05, 4.69) is 5.16 Å². The molecule has 0 atom stereocenters. The maximum atomic E-state index is 6.19.